The first kappa shape index (κ1) is 6.68. The number of benzene rings is 1. The molecule has 0 bridgehead atoms. The molecule has 0 aliphatic rings. The first-order valence-electron chi connectivity index (χ1n) is 3.39. The van der Waals surface area contributed by atoms with E-state index in [-0.39, 0.29) is 0 Å². The maximum atomic E-state index is 8.71. The zero-order valence-electron chi connectivity index (χ0n) is 6.10. The van der Waals surface area contributed by atoms with Gasteiger partial charge in [0.05, 0.1) is 23.3 Å². The van der Waals surface area contributed by atoms with E-state index in [4.69, 9.17) is 5.26 Å². The van der Waals surface area contributed by atoms with E-state index in [1.165, 1.54) is 0 Å². The average Bonchev–Trinajstić information content (AvgIpc) is 2.17. The van der Waals surface area contributed by atoms with Crippen LogP contribution < -0.4 is 0 Å². The predicted octanol–water partition coefficient (Wildman–Crippen LogP) is 0.896. The fraction of sp³-hybridized carbons (Fsp3) is 0. The van der Waals surface area contributed by atoms with Crippen molar-refractivity contribution < 1.29 is 0 Å². The highest BCUT2D eigenvalue weighted by atomic mass is 15.3. The summed E-state index contributed by atoms with van der Waals surface area (Å²) < 4.78 is 0. The van der Waals surface area contributed by atoms with Gasteiger partial charge in [-0.25, -0.2) is 0 Å². The van der Waals surface area contributed by atoms with Crippen LogP contribution in [0.1, 0.15) is 5.56 Å². The van der Waals surface area contributed by atoms with E-state index in [0.717, 1.165) is 5.39 Å². The van der Waals surface area contributed by atoms with Crippen LogP contribution in [-0.2, 0) is 0 Å². The minimum Gasteiger partial charge on any atom is -0.192 e. The van der Waals surface area contributed by atoms with Crippen LogP contribution >= 0.6 is 0 Å². The predicted molar refractivity (Wildman–Crippen MR) is 42.0 cm³/mol. The molecule has 0 aliphatic carbocycles. The Morgan fingerprint density at radius 1 is 1.33 bits per heavy atom. The molecule has 0 atom stereocenters. The molecule has 0 amide bonds. The summed E-state index contributed by atoms with van der Waals surface area (Å²) in [5.74, 6) is 0. The molecule has 12 heavy (non-hydrogen) atoms. The molecule has 0 radical (unpaired) electrons. The summed E-state index contributed by atoms with van der Waals surface area (Å²) >= 11 is 0. The molecule has 4 heteroatoms. The van der Waals surface area contributed by atoms with E-state index in [1.54, 1.807) is 24.4 Å². The van der Waals surface area contributed by atoms with Crippen molar-refractivity contribution in [1.29, 1.82) is 5.26 Å². The van der Waals surface area contributed by atoms with Crippen molar-refractivity contribution in [3.8, 4) is 6.07 Å². The van der Waals surface area contributed by atoms with Gasteiger partial charge in [-0.1, -0.05) is 6.07 Å². The van der Waals surface area contributed by atoms with Gasteiger partial charge in [0.1, 0.15) is 0 Å². The first-order chi connectivity index (χ1) is 5.92. The molecular formula is C8H4N4. The lowest BCUT2D eigenvalue weighted by atomic mass is 10.1. The second-order valence-corrected chi connectivity index (χ2v) is 2.28. The molecule has 2 rings (SSSR count). The summed E-state index contributed by atoms with van der Waals surface area (Å²) in [6, 6.07) is 7.36. The Morgan fingerprint density at radius 2 is 2.25 bits per heavy atom. The molecule has 0 saturated carbocycles. The Labute approximate surface area is 68.5 Å². The highest BCUT2D eigenvalue weighted by Gasteiger charge is 1.99. The van der Waals surface area contributed by atoms with Crippen LogP contribution in [0.2, 0.25) is 0 Å². The highest BCUT2D eigenvalue weighted by Crippen LogP contribution is 2.12. The Kier molecular flexibility index (Phi) is 1.42. The molecule has 0 spiro atoms. The zero-order chi connectivity index (χ0) is 8.39. The molecule has 0 saturated heterocycles. The fourth-order valence-corrected chi connectivity index (χ4v) is 1.03. The second kappa shape index (κ2) is 2.55. The van der Waals surface area contributed by atoms with E-state index < -0.39 is 0 Å². The SMILES string of the molecule is N#Cc1cccc2nnncc12. The molecule has 2 aromatic rings. The number of nitrogens with zero attached hydrogens (tertiary/aromatic N) is 4. The van der Waals surface area contributed by atoms with Crippen LogP contribution in [0.4, 0.5) is 0 Å². The number of hydrogen-bond donors (Lipinski definition) is 0. The van der Waals surface area contributed by atoms with E-state index >= 15 is 0 Å². The Bertz CT molecular complexity index is 453. The number of hydrogen-bond acceptors (Lipinski definition) is 4. The molecule has 0 unspecified atom stereocenters. The van der Waals surface area contributed by atoms with Gasteiger partial charge < -0.3 is 0 Å². The van der Waals surface area contributed by atoms with E-state index in [1.807, 2.05) is 0 Å². The van der Waals surface area contributed by atoms with Gasteiger partial charge >= 0.3 is 0 Å². The lowest BCUT2D eigenvalue weighted by molar-refractivity contribution is 0.895. The van der Waals surface area contributed by atoms with Crippen LogP contribution in [0.25, 0.3) is 10.9 Å². The quantitative estimate of drug-likeness (QED) is 0.568. The zero-order valence-corrected chi connectivity index (χ0v) is 6.10. The summed E-state index contributed by atoms with van der Waals surface area (Å²) in [6.07, 6.45) is 1.54. The highest BCUT2D eigenvalue weighted by molar-refractivity contribution is 5.83. The number of nitriles is 1. The molecule has 1 aromatic heterocycles. The maximum absolute atomic E-state index is 8.71. The topological polar surface area (TPSA) is 62.5 Å². The molecule has 0 aliphatic heterocycles. The molecular weight excluding hydrogens is 152 g/mol. The third-order valence-electron chi connectivity index (χ3n) is 1.59. The summed E-state index contributed by atoms with van der Waals surface area (Å²) in [5, 5.41) is 20.3. The third kappa shape index (κ3) is 0.883. The summed E-state index contributed by atoms with van der Waals surface area (Å²) in [4.78, 5) is 0. The van der Waals surface area contributed by atoms with Crippen molar-refractivity contribution in [2.45, 2.75) is 0 Å². The summed E-state index contributed by atoms with van der Waals surface area (Å²) in [5.41, 5.74) is 1.28. The minimum atomic E-state index is 0.579. The molecule has 1 aromatic carbocycles. The van der Waals surface area contributed by atoms with E-state index in [9.17, 15) is 0 Å². The average molecular weight is 156 g/mol. The Morgan fingerprint density at radius 3 is 3.08 bits per heavy atom. The van der Waals surface area contributed by atoms with Gasteiger partial charge in [-0.15, -0.1) is 10.2 Å². The van der Waals surface area contributed by atoms with Crippen molar-refractivity contribution in [3.63, 3.8) is 0 Å². The monoisotopic (exact) mass is 156 g/mol. The van der Waals surface area contributed by atoms with Gasteiger partial charge in [0.2, 0.25) is 0 Å². The van der Waals surface area contributed by atoms with Crippen molar-refractivity contribution in [3.05, 3.63) is 30.0 Å². The van der Waals surface area contributed by atoms with E-state index in [2.05, 4.69) is 21.5 Å². The smallest absolute Gasteiger partial charge is 0.0999 e. The van der Waals surface area contributed by atoms with Crippen molar-refractivity contribution in [1.82, 2.24) is 15.4 Å². The molecule has 1 heterocycles. The van der Waals surface area contributed by atoms with Crippen molar-refractivity contribution in [2.24, 2.45) is 0 Å². The first-order valence-corrected chi connectivity index (χ1v) is 3.39. The van der Waals surface area contributed by atoms with Gasteiger partial charge in [-0.2, -0.15) is 5.26 Å². The third-order valence-corrected chi connectivity index (χ3v) is 1.59. The normalized spacial score (nSPS) is 9.58. The Balaban J connectivity index is 2.91. The van der Waals surface area contributed by atoms with Gasteiger partial charge in [0.15, 0.2) is 0 Å². The number of fused-ring (bicyclic) bond motifs is 1. The maximum Gasteiger partial charge on any atom is 0.0999 e. The van der Waals surface area contributed by atoms with Crippen LogP contribution in [-0.4, -0.2) is 15.4 Å². The molecule has 4 nitrogen and oxygen atoms in total. The van der Waals surface area contributed by atoms with Crippen LogP contribution in [0.15, 0.2) is 24.4 Å². The van der Waals surface area contributed by atoms with Crippen LogP contribution in [0, 0.1) is 11.3 Å². The van der Waals surface area contributed by atoms with Gasteiger partial charge in [0.25, 0.3) is 0 Å². The summed E-state index contributed by atoms with van der Waals surface area (Å²) in [7, 11) is 0. The van der Waals surface area contributed by atoms with Gasteiger partial charge in [-0.05, 0) is 17.3 Å². The molecule has 56 valence electrons. The Hall–Kier alpha value is -2.02. The van der Waals surface area contributed by atoms with Crippen molar-refractivity contribution >= 4 is 10.9 Å². The largest absolute Gasteiger partial charge is 0.192 e. The number of aromatic nitrogens is 3. The fourth-order valence-electron chi connectivity index (χ4n) is 1.03. The summed E-state index contributed by atoms with van der Waals surface area (Å²) in [6.45, 7) is 0. The second-order valence-electron chi connectivity index (χ2n) is 2.28. The lowest BCUT2D eigenvalue weighted by Crippen LogP contribution is -1.88. The standard InChI is InChI=1S/C8H4N4/c9-4-6-2-1-3-8-7(6)5-10-12-11-8/h1-3,5H. The van der Waals surface area contributed by atoms with Crippen LogP contribution in [0.3, 0.4) is 0 Å². The van der Waals surface area contributed by atoms with E-state index in [0.29, 0.717) is 11.1 Å². The lowest BCUT2D eigenvalue weighted by Gasteiger charge is -1.94. The van der Waals surface area contributed by atoms with Gasteiger partial charge in [-0.3, -0.25) is 0 Å². The van der Waals surface area contributed by atoms with Gasteiger partial charge in [0, 0.05) is 5.39 Å². The van der Waals surface area contributed by atoms with Crippen molar-refractivity contribution in [2.75, 3.05) is 0 Å². The molecule has 0 N–H and O–H groups in total. The number of rotatable bonds is 0. The molecule has 0 fully saturated rings. The van der Waals surface area contributed by atoms with Crippen LogP contribution in [0.5, 0.6) is 0 Å². The minimum absolute atomic E-state index is 0.579.